The normalized spacial score (nSPS) is 11.2. The van der Waals surface area contributed by atoms with Gasteiger partial charge in [0.05, 0.1) is 20.6 Å². The summed E-state index contributed by atoms with van der Waals surface area (Å²) >= 11 is 18.2. The van der Waals surface area contributed by atoms with Crippen LogP contribution >= 0.6 is 34.8 Å². The first-order valence-corrected chi connectivity index (χ1v) is 11.4. The van der Waals surface area contributed by atoms with Crippen LogP contribution in [0.1, 0.15) is 5.56 Å². The number of nitrogens with one attached hydrogen (secondary N) is 1. The maximum absolute atomic E-state index is 13.3. The lowest BCUT2D eigenvalue weighted by atomic mass is 10.2. The van der Waals surface area contributed by atoms with Crippen molar-refractivity contribution < 1.29 is 13.2 Å². The van der Waals surface area contributed by atoms with Gasteiger partial charge in [-0.1, -0.05) is 59.1 Å². The van der Waals surface area contributed by atoms with E-state index in [1.165, 1.54) is 30.3 Å². The molecule has 5 nitrogen and oxygen atoms in total. The molecule has 0 aliphatic heterocycles. The van der Waals surface area contributed by atoms with Crippen molar-refractivity contribution in [2.24, 2.45) is 0 Å². The molecular formula is C21H17Cl3N2O3S. The molecule has 156 valence electrons. The van der Waals surface area contributed by atoms with Crippen molar-refractivity contribution in [1.82, 2.24) is 0 Å². The topological polar surface area (TPSA) is 66.5 Å². The number of rotatable bonds is 6. The summed E-state index contributed by atoms with van der Waals surface area (Å²) in [4.78, 5) is 12.8. The van der Waals surface area contributed by atoms with Gasteiger partial charge in [-0.05, 0) is 55.0 Å². The molecule has 30 heavy (non-hydrogen) atoms. The maximum Gasteiger partial charge on any atom is 0.264 e. The third-order valence-electron chi connectivity index (χ3n) is 4.35. The maximum atomic E-state index is 13.3. The van der Waals surface area contributed by atoms with E-state index in [4.69, 9.17) is 34.8 Å². The predicted octanol–water partition coefficient (Wildman–Crippen LogP) is 5.79. The first kappa shape index (κ1) is 22.4. The highest BCUT2D eigenvalue weighted by molar-refractivity contribution is 7.92. The molecule has 0 bridgehead atoms. The molecule has 0 aliphatic rings. The summed E-state index contributed by atoms with van der Waals surface area (Å²) < 4.78 is 27.6. The molecule has 9 heteroatoms. The zero-order chi connectivity index (χ0) is 21.9. The van der Waals surface area contributed by atoms with Crippen LogP contribution in [0.3, 0.4) is 0 Å². The Kier molecular flexibility index (Phi) is 6.93. The Labute approximate surface area is 190 Å². The van der Waals surface area contributed by atoms with Crippen molar-refractivity contribution in [2.75, 3.05) is 16.2 Å². The number of hydrogen-bond donors (Lipinski definition) is 1. The van der Waals surface area contributed by atoms with E-state index in [-0.39, 0.29) is 20.6 Å². The highest BCUT2D eigenvalue weighted by Crippen LogP contribution is 2.31. The van der Waals surface area contributed by atoms with Crippen LogP contribution in [0.25, 0.3) is 0 Å². The Morgan fingerprint density at radius 1 is 0.900 bits per heavy atom. The van der Waals surface area contributed by atoms with Crippen LogP contribution in [0.4, 0.5) is 11.4 Å². The van der Waals surface area contributed by atoms with E-state index in [1.807, 2.05) is 0 Å². The summed E-state index contributed by atoms with van der Waals surface area (Å²) in [6.07, 6.45) is 0. The van der Waals surface area contributed by atoms with Crippen LogP contribution < -0.4 is 9.62 Å². The van der Waals surface area contributed by atoms with E-state index in [2.05, 4.69) is 5.32 Å². The Morgan fingerprint density at radius 2 is 1.60 bits per heavy atom. The van der Waals surface area contributed by atoms with Gasteiger partial charge in [0.15, 0.2) is 0 Å². The number of halogens is 3. The number of sulfonamides is 1. The lowest BCUT2D eigenvalue weighted by Crippen LogP contribution is -2.38. The smallest absolute Gasteiger partial charge is 0.264 e. The second-order valence-corrected chi connectivity index (χ2v) is 9.47. The Balaban J connectivity index is 1.98. The van der Waals surface area contributed by atoms with Crippen molar-refractivity contribution in [1.29, 1.82) is 0 Å². The quantitative estimate of drug-likeness (QED) is 0.482. The number of amides is 1. The molecule has 0 spiro atoms. The molecule has 0 saturated heterocycles. The van der Waals surface area contributed by atoms with Crippen molar-refractivity contribution in [3.05, 3.63) is 87.4 Å². The number of carbonyl (C=O) groups is 1. The van der Waals surface area contributed by atoms with E-state index < -0.39 is 22.5 Å². The molecule has 0 radical (unpaired) electrons. The molecular weight excluding hydrogens is 467 g/mol. The van der Waals surface area contributed by atoms with E-state index >= 15 is 0 Å². The molecule has 0 saturated carbocycles. The number of benzene rings is 3. The first-order valence-electron chi connectivity index (χ1n) is 8.78. The van der Waals surface area contributed by atoms with Crippen LogP contribution in [-0.4, -0.2) is 20.9 Å². The minimum atomic E-state index is -4.04. The van der Waals surface area contributed by atoms with Gasteiger partial charge in [0.25, 0.3) is 10.0 Å². The Bertz CT molecular complexity index is 1190. The van der Waals surface area contributed by atoms with Gasteiger partial charge in [-0.2, -0.15) is 0 Å². The lowest BCUT2D eigenvalue weighted by Gasteiger charge is -2.24. The zero-order valence-corrected chi connectivity index (χ0v) is 18.9. The summed E-state index contributed by atoms with van der Waals surface area (Å²) in [5, 5.41) is 3.65. The van der Waals surface area contributed by atoms with Gasteiger partial charge < -0.3 is 5.32 Å². The van der Waals surface area contributed by atoms with Crippen LogP contribution in [0.15, 0.2) is 71.6 Å². The van der Waals surface area contributed by atoms with Crippen LogP contribution in [0.5, 0.6) is 0 Å². The largest absolute Gasteiger partial charge is 0.324 e. The molecule has 0 heterocycles. The number of anilines is 2. The molecule has 3 rings (SSSR count). The van der Waals surface area contributed by atoms with E-state index in [0.29, 0.717) is 16.3 Å². The van der Waals surface area contributed by atoms with Crippen molar-refractivity contribution in [2.45, 2.75) is 11.8 Å². The van der Waals surface area contributed by atoms with E-state index in [0.717, 1.165) is 4.31 Å². The summed E-state index contributed by atoms with van der Waals surface area (Å²) in [7, 11) is -4.04. The molecule has 0 atom stereocenters. The zero-order valence-electron chi connectivity index (χ0n) is 15.8. The fourth-order valence-corrected chi connectivity index (χ4v) is 4.64. The predicted molar refractivity (Wildman–Crippen MR) is 122 cm³/mol. The highest BCUT2D eigenvalue weighted by atomic mass is 35.5. The van der Waals surface area contributed by atoms with Crippen LogP contribution in [0, 0.1) is 6.92 Å². The summed E-state index contributed by atoms with van der Waals surface area (Å²) in [5.41, 5.74) is 1.39. The fourth-order valence-electron chi connectivity index (χ4n) is 2.74. The SMILES string of the molecule is Cc1c(Cl)cccc1NC(=O)CN(c1ccc(Cl)c(Cl)c1)S(=O)(=O)c1ccccc1. The number of carbonyl (C=O) groups excluding carboxylic acids is 1. The van der Waals surface area contributed by atoms with Gasteiger partial charge in [-0.15, -0.1) is 0 Å². The third-order valence-corrected chi connectivity index (χ3v) is 7.29. The minimum Gasteiger partial charge on any atom is -0.324 e. The monoisotopic (exact) mass is 482 g/mol. The molecule has 3 aromatic carbocycles. The molecule has 3 aromatic rings. The van der Waals surface area contributed by atoms with Crippen molar-refractivity contribution >= 4 is 62.1 Å². The van der Waals surface area contributed by atoms with E-state index in [1.54, 1.807) is 43.3 Å². The fraction of sp³-hybridized carbons (Fsp3) is 0.0952. The first-order chi connectivity index (χ1) is 14.2. The average Bonchev–Trinajstić information content (AvgIpc) is 2.72. The second kappa shape index (κ2) is 9.27. The Hall–Kier alpha value is -2.25. The third kappa shape index (κ3) is 4.90. The van der Waals surface area contributed by atoms with Gasteiger partial charge >= 0.3 is 0 Å². The summed E-state index contributed by atoms with van der Waals surface area (Å²) in [6, 6.07) is 17.3. The van der Waals surface area contributed by atoms with Crippen LogP contribution in [-0.2, 0) is 14.8 Å². The minimum absolute atomic E-state index is 0.0443. The molecule has 0 unspecified atom stereocenters. The van der Waals surface area contributed by atoms with Gasteiger partial charge in [-0.25, -0.2) is 8.42 Å². The van der Waals surface area contributed by atoms with Crippen LogP contribution in [0.2, 0.25) is 15.1 Å². The average molecular weight is 484 g/mol. The molecule has 1 N–H and O–H groups in total. The number of hydrogen-bond acceptors (Lipinski definition) is 3. The van der Waals surface area contributed by atoms with E-state index in [9.17, 15) is 13.2 Å². The molecule has 0 aromatic heterocycles. The van der Waals surface area contributed by atoms with Gasteiger partial charge in [-0.3, -0.25) is 9.10 Å². The van der Waals surface area contributed by atoms with Gasteiger partial charge in [0.2, 0.25) is 5.91 Å². The van der Waals surface area contributed by atoms with Gasteiger partial charge in [0, 0.05) is 10.7 Å². The molecule has 0 fully saturated rings. The highest BCUT2D eigenvalue weighted by Gasteiger charge is 2.27. The lowest BCUT2D eigenvalue weighted by molar-refractivity contribution is -0.114. The second-order valence-electron chi connectivity index (χ2n) is 6.38. The molecule has 0 aliphatic carbocycles. The summed E-state index contributed by atoms with van der Waals surface area (Å²) in [5.74, 6) is -0.536. The van der Waals surface area contributed by atoms with Crippen molar-refractivity contribution in [3.8, 4) is 0 Å². The van der Waals surface area contributed by atoms with Gasteiger partial charge in [0.1, 0.15) is 6.54 Å². The summed E-state index contributed by atoms with van der Waals surface area (Å²) in [6.45, 7) is 1.29. The standard InChI is InChI=1S/C21H17Cl3N2O3S/c1-14-17(22)8-5-9-20(14)25-21(27)13-26(15-10-11-18(23)19(24)12-15)30(28,29)16-6-3-2-4-7-16/h2-12H,13H2,1H3,(H,25,27). The molecule has 1 amide bonds. The van der Waals surface area contributed by atoms with Crippen molar-refractivity contribution in [3.63, 3.8) is 0 Å². The Morgan fingerprint density at radius 3 is 2.27 bits per heavy atom. The number of nitrogens with zero attached hydrogens (tertiary/aromatic N) is 1.